The van der Waals surface area contributed by atoms with E-state index in [9.17, 15) is 9.59 Å². The molecule has 3 aromatic rings. The first-order valence-corrected chi connectivity index (χ1v) is 11.9. The van der Waals surface area contributed by atoms with Crippen LogP contribution in [0, 0.1) is 0 Å². The topological polar surface area (TPSA) is 89.8 Å². The van der Waals surface area contributed by atoms with Crippen LogP contribution in [-0.4, -0.2) is 69.9 Å². The van der Waals surface area contributed by atoms with Crippen molar-refractivity contribution in [3.05, 3.63) is 77.1 Å². The molecular weight excluding hydrogens is 446 g/mol. The molecule has 0 aliphatic carbocycles. The Morgan fingerprint density at radius 1 is 1.00 bits per heavy atom. The summed E-state index contributed by atoms with van der Waals surface area (Å²) in [5.74, 6) is 0.755. The number of aromatic nitrogens is 3. The molecule has 9 nitrogen and oxygen atoms in total. The SMILES string of the molecule is COc1ccc(CCC(=O)N2CCN(C(=O)c3nnn4c3COC(c3ccccc3)C4)CC2)cc1. The monoisotopic (exact) mass is 475 g/mol. The van der Waals surface area contributed by atoms with E-state index in [1.165, 1.54) is 0 Å². The second-order valence-corrected chi connectivity index (χ2v) is 8.80. The number of nitrogens with zero attached hydrogens (tertiary/aromatic N) is 5. The zero-order valence-corrected chi connectivity index (χ0v) is 19.8. The minimum Gasteiger partial charge on any atom is -0.497 e. The molecule has 2 amide bonds. The molecule has 0 spiro atoms. The maximum absolute atomic E-state index is 13.2. The van der Waals surface area contributed by atoms with Crippen molar-refractivity contribution < 1.29 is 19.1 Å². The Morgan fingerprint density at radius 2 is 1.71 bits per heavy atom. The molecule has 0 saturated carbocycles. The fourth-order valence-electron chi connectivity index (χ4n) is 4.56. The first-order chi connectivity index (χ1) is 17.1. The fraction of sp³-hybridized carbons (Fsp3) is 0.385. The molecule has 2 aliphatic heterocycles. The fourth-order valence-corrected chi connectivity index (χ4v) is 4.56. The van der Waals surface area contributed by atoms with E-state index >= 15 is 0 Å². The first kappa shape index (κ1) is 23.0. The van der Waals surface area contributed by atoms with Crippen LogP contribution < -0.4 is 4.74 Å². The zero-order valence-electron chi connectivity index (χ0n) is 19.8. The van der Waals surface area contributed by atoms with Gasteiger partial charge in [-0.1, -0.05) is 47.7 Å². The van der Waals surface area contributed by atoms with Gasteiger partial charge >= 0.3 is 0 Å². The molecule has 2 aromatic carbocycles. The van der Waals surface area contributed by atoms with Crippen molar-refractivity contribution >= 4 is 11.8 Å². The lowest BCUT2D eigenvalue weighted by atomic mass is 10.1. The predicted molar refractivity (Wildman–Crippen MR) is 128 cm³/mol. The molecule has 1 aromatic heterocycles. The number of amides is 2. The number of aryl methyl sites for hydroxylation is 1. The minimum atomic E-state index is -0.154. The summed E-state index contributed by atoms with van der Waals surface area (Å²) in [5, 5.41) is 8.41. The van der Waals surface area contributed by atoms with Crippen molar-refractivity contribution in [1.29, 1.82) is 0 Å². The molecule has 1 fully saturated rings. The quantitative estimate of drug-likeness (QED) is 0.544. The number of carbonyl (C=O) groups excluding carboxylic acids is 2. The Hall–Kier alpha value is -3.72. The van der Waals surface area contributed by atoms with E-state index < -0.39 is 0 Å². The summed E-state index contributed by atoms with van der Waals surface area (Å²) in [7, 11) is 1.63. The number of ether oxygens (including phenoxy) is 2. The Bertz CT molecular complexity index is 1170. The van der Waals surface area contributed by atoms with Crippen LogP contribution in [0.2, 0.25) is 0 Å². The van der Waals surface area contributed by atoms with Gasteiger partial charge in [-0.15, -0.1) is 5.10 Å². The Morgan fingerprint density at radius 3 is 2.43 bits per heavy atom. The normalized spacial score (nSPS) is 17.7. The summed E-state index contributed by atoms with van der Waals surface area (Å²) in [6.07, 6.45) is 1.01. The molecule has 2 aliphatic rings. The van der Waals surface area contributed by atoms with E-state index in [-0.39, 0.29) is 24.5 Å². The van der Waals surface area contributed by atoms with Crippen LogP contribution in [0.4, 0.5) is 0 Å². The van der Waals surface area contributed by atoms with Crippen LogP contribution in [0.5, 0.6) is 5.75 Å². The summed E-state index contributed by atoms with van der Waals surface area (Å²) < 4.78 is 13.0. The van der Waals surface area contributed by atoms with Crippen molar-refractivity contribution in [2.24, 2.45) is 0 Å². The van der Waals surface area contributed by atoms with Crippen molar-refractivity contribution in [1.82, 2.24) is 24.8 Å². The van der Waals surface area contributed by atoms with E-state index in [4.69, 9.17) is 9.47 Å². The molecule has 1 saturated heterocycles. The van der Waals surface area contributed by atoms with E-state index in [1.807, 2.05) is 59.5 Å². The molecule has 1 unspecified atom stereocenters. The molecule has 182 valence electrons. The number of hydrogen-bond donors (Lipinski definition) is 0. The highest BCUT2D eigenvalue weighted by Crippen LogP contribution is 2.27. The van der Waals surface area contributed by atoms with Gasteiger partial charge in [-0.05, 0) is 29.7 Å². The lowest BCUT2D eigenvalue weighted by Crippen LogP contribution is -2.50. The number of hydrogen-bond acceptors (Lipinski definition) is 6. The highest BCUT2D eigenvalue weighted by Gasteiger charge is 2.31. The summed E-state index contributed by atoms with van der Waals surface area (Å²) in [6.45, 7) is 2.81. The Labute approximate surface area is 204 Å². The third-order valence-corrected chi connectivity index (χ3v) is 6.68. The standard InChI is InChI=1S/C26H29N5O4/c1-34-21-10-7-19(8-11-21)9-12-24(32)29-13-15-30(16-14-29)26(33)25-22-18-35-23(17-31(22)28-27-25)20-5-3-2-4-6-20/h2-8,10-11,23H,9,12-18H2,1H3. The smallest absolute Gasteiger partial charge is 0.276 e. The predicted octanol–water partition coefficient (Wildman–Crippen LogP) is 2.48. The van der Waals surface area contributed by atoms with E-state index in [0.29, 0.717) is 57.0 Å². The molecule has 0 radical (unpaired) electrons. The number of benzene rings is 2. The molecule has 9 heteroatoms. The number of fused-ring (bicyclic) bond motifs is 1. The molecule has 5 rings (SSSR count). The van der Waals surface area contributed by atoms with Gasteiger partial charge in [0.25, 0.3) is 5.91 Å². The van der Waals surface area contributed by atoms with E-state index in [2.05, 4.69) is 10.3 Å². The number of carbonyl (C=O) groups is 2. The van der Waals surface area contributed by atoms with Gasteiger partial charge in [-0.3, -0.25) is 9.59 Å². The third kappa shape index (κ3) is 5.05. The molecule has 0 bridgehead atoms. The molecule has 3 heterocycles. The second kappa shape index (κ2) is 10.3. The number of methoxy groups -OCH3 is 1. The molecule has 35 heavy (non-hydrogen) atoms. The summed E-state index contributed by atoms with van der Waals surface area (Å²) in [4.78, 5) is 29.4. The van der Waals surface area contributed by atoms with Gasteiger partial charge in [-0.2, -0.15) is 0 Å². The Balaban J connectivity index is 1.13. The molecular formula is C26H29N5O4. The van der Waals surface area contributed by atoms with Gasteiger partial charge in [0.15, 0.2) is 5.69 Å². The van der Waals surface area contributed by atoms with Crippen molar-refractivity contribution in [2.45, 2.75) is 32.1 Å². The van der Waals surface area contributed by atoms with Crippen LogP contribution in [-0.2, 0) is 29.1 Å². The summed E-state index contributed by atoms with van der Waals surface area (Å²) in [6, 6.07) is 17.7. The van der Waals surface area contributed by atoms with E-state index in [0.717, 1.165) is 16.9 Å². The second-order valence-electron chi connectivity index (χ2n) is 8.80. The summed E-state index contributed by atoms with van der Waals surface area (Å²) in [5.41, 5.74) is 3.23. The van der Waals surface area contributed by atoms with Crippen molar-refractivity contribution in [2.75, 3.05) is 33.3 Å². The van der Waals surface area contributed by atoms with Gasteiger partial charge in [0.1, 0.15) is 11.9 Å². The Kier molecular flexibility index (Phi) is 6.76. The lowest BCUT2D eigenvalue weighted by molar-refractivity contribution is -0.132. The van der Waals surface area contributed by atoms with Crippen LogP contribution >= 0.6 is 0 Å². The highest BCUT2D eigenvalue weighted by atomic mass is 16.5. The van der Waals surface area contributed by atoms with Crippen LogP contribution in [0.15, 0.2) is 54.6 Å². The average Bonchev–Trinajstić information content (AvgIpc) is 3.35. The molecule has 0 N–H and O–H groups in total. The van der Waals surface area contributed by atoms with Crippen LogP contribution in [0.25, 0.3) is 0 Å². The highest BCUT2D eigenvalue weighted by molar-refractivity contribution is 5.93. The zero-order chi connectivity index (χ0) is 24.2. The van der Waals surface area contributed by atoms with Gasteiger partial charge < -0.3 is 19.3 Å². The first-order valence-electron chi connectivity index (χ1n) is 11.9. The van der Waals surface area contributed by atoms with Gasteiger partial charge in [0.2, 0.25) is 5.91 Å². The van der Waals surface area contributed by atoms with Crippen LogP contribution in [0.3, 0.4) is 0 Å². The lowest BCUT2D eigenvalue weighted by Gasteiger charge is -2.34. The van der Waals surface area contributed by atoms with Gasteiger partial charge in [0, 0.05) is 32.6 Å². The van der Waals surface area contributed by atoms with E-state index in [1.54, 1.807) is 16.7 Å². The van der Waals surface area contributed by atoms with Crippen LogP contribution in [0.1, 0.15) is 39.8 Å². The maximum atomic E-state index is 13.2. The third-order valence-electron chi connectivity index (χ3n) is 6.68. The minimum absolute atomic E-state index is 0.106. The maximum Gasteiger partial charge on any atom is 0.276 e. The average molecular weight is 476 g/mol. The van der Waals surface area contributed by atoms with Gasteiger partial charge in [0.05, 0.1) is 26.0 Å². The van der Waals surface area contributed by atoms with Crippen molar-refractivity contribution in [3.8, 4) is 5.75 Å². The largest absolute Gasteiger partial charge is 0.497 e. The summed E-state index contributed by atoms with van der Waals surface area (Å²) >= 11 is 0. The van der Waals surface area contributed by atoms with Crippen molar-refractivity contribution in [3.63, 3.8) is 0 Å². The number of piperazine rings is 1. The van der Waals surface area contributed by atoms with Gasteiger partial charge in [-0.25, -0.2) is 4.68 Å². The number of rotatable bonds is 6. The molecule has 1 atom stereocenters.